The number of hydrogen-bond acceptors (Lipinski definition) is 3. The Labute approximate surface area is 98.8 Å². The SMILES string of the molecule is OC(COc1ccc(F)cc1)C1CCSC1. The molecular formula is C12H15FO2S. The molecule has 1 aromatic carbocycles. The zero-order valence-corrected chi connectivity index (χ0v) is 9.75. The van der Waals surface area contributed by atoms with Gasteiger partial charge in [0.2, 0.25) is 0 Å². The van der Waals surface area contributed by atoms with Gasteiger partial charge in [0.25, 0.3) is 0 Å². The molecule has 0 bridgehead atoms. The van der Waals surface area contributed by atoms with Gasteiger partial charge in [-0.3, -0.25) is 0 Å². The highest BCUT2D eigenvalue weighted by Crippen LogP contribution is 2.26. The van der Waals surface area contributed by atoms with Crippen molar-refractivity contribution < 1.29 is 14.2 Å². The molecule has 1 N–H and O–H groups in total. The fraction of sp³-hybridized carbons (Fsp3) is 0.500. The second kappa shape index (κ2) is 5.55. The Hall–Kier alpha value is -0.740. The lowest BCUT2D eigenvalue weighted by Crippen LogP contribution is -2.27. The average Bonchev–Trinajstić information content (AvgIpc) is 2.81. The van der Waals surface area contributed by atoms with Crippen LogP contribution in [0.2, 0.25) is 0 Å². The number of ether oxygens (including phenoxy) is 1. The van der Waals surface area contributed by atoms with Gasteiger partial charge in [-0.25, -0.2) is 4.39 Å². The highest BCUT2D eigenvalue weighted by Gasteiger charge is 2.23. The van der Waals surface area contributed by atoms with Crippen molar-refractivity contribution in [2.45, 2.75) is 12.5 Å². The summed E-state index contributed by atoms with van der Waals surface area (Å²) < 4.78 is 18.0. The zero-order chi connectivity index (χ0) is 11.4. The van der Waals surface area contributed by atoms with Gasteiger partial charge in [0, 0.05) is 0 Å². The van der Waals surface area contributed by atoms with Crippen LogP contribution < -0.4 is 4.74 Å². The molecule has 2 nitrogen and oxygen atoms in total. The Balaban J connectivity index is 1.80. The first-order valence-corrected chi connectivity index (χ1v) is 6.55. The summed E-state index contributed by atoms with van der Waals surface area (Å²) in [6, 6.07) is 5.86. The number of aliphatic hydroxyl groups is 1. The van der Waals surface area contributed by atoms with E-state index in [0.717, 1.165) is 17.9 Å². The molecule has 88 valence electrons. The summed E-state index contributed by atoms with van der Waals surface area (Å²) in [7, 11) is 0. The largest absolute Gasteiger partial charge is 0.491 e. The second-order valence-electron chi connectivity index (χ2n) is 3.96. The Morgan fingerprint density at radius 3 is 2.81 bits per heavy atom. The van der Waals surface area contributed by atoms with E-state index >= 15 is 0 Å². The van der Waals surface area contributed by atoms with Gasteiger partial charge in [0.15, 0.2) is 0 Å². The zero-order valence-electron chi connectivity index (χ0n) is 8.93. The highest BCUT2D eigenvalue weighted by atomic mass is 32.2. The van der Waals surface area contributed by atoms with Crippen LogP contribution in [-0.4, -0.2) is 29.3 Å². The van der Waals surface area contributed by atoms with Crippen molar-refractivity contribution in [1.82, 2.24) is 0 Å². The first-order valence-electron chi connectivity index (χ1n) is 5.40. The Bertz CT molecular complexity index is 322. The van der Waals surface area contributed by atoms with Crippen molar-refractivity contribution in [3.05, 3.63) is 30.1 Å². The van der Waals surface area contributed by atoms with Crippen molar-refractivity contribution in [1.29, 1.82) is 0 Å². The average molecular weight is 242 g/mol. The van der Waals surface area contributed by atoms with Gasteiger partial charge in [-0.15, -0.1) is 0 Å². The molecule has 1 fully saturated rings. The molecule has 0 aliphatic carbocycles. The van der Waals surface area contributed by atoms with E-state index in [1.165, 1.54) is 12.1 Å². The van der Waals surface area contributed by atoms with Crippen molar-refractivity contribution in [3.63, 3.8) is 0 Å². The topological polar surface area (TPSA) is 29.5 Å². The molecule has 0 radical (unpaired) electrons. The standard InChI is InChI=1S/C12H15FO2S/c13-10-1-3-11(4-2-10)15-7-12(14)9-5-6-16-8-9/h1-4,9,12,14H,5-8H2. The summed E-state index contributed by atoms with van der Waals surface area (Å²) in [6.07, 6.45) is 0.638. The molecule has 0 saturated carbocycles. The van der Waals surface area contributed by atoms with Crippen LogP contribution in [0.25, 0.3) is 0 Å². The molecule has 1 saturated heterocycles. The molecule has 0 spiro atoms. The van der Waals surface area contributed by atoms with Gasteiger partial charge in [0.05, 0.1) is 6.10 Å². The van der Waals surface area contributed by atoms with Crippen LogP contribution in [0.4, 0.5) is 4.39 Å². The van der Waals surface area contributed by atoms with Crippen molar-refractivity contribution in [2.75, 3.05) is 18.1 Å². The molecule has 0 amide bonds. The van der Waals surface area contributed by atoms with E-state index < -0.39 is 6.10 Å². The fourth-order valence-electron chi connectivity index (χ4n) is 1.70. The summed E-state index contributed by atoms with van der Waals surface area (Å²) in [6.45, 7) is 0.289. The minimum Gasteiger partial charge on any atom is -0.491 e. The lowest BCUT2D eigenvalue weighted by atomic mass is 10.0. The lowest BCUT2D eigenvalue weighted by molar-refractivity contribution is 0.0662. The normalized spacial score (nSPS) is 22.0. The van der Waals surface area contributed by atoms with E-state index in [0.29, 0.717) is 11.7 Å². The Morgan fingerprint density at radius 1 is 1.44 bits per heavy atom. The summed E-state index contributed by atoms with van der Waals surface area (Å²) in [4.78, 5) is 0. The van der Waals surface area contributed by atoms with Gasteiger partial charge in [-0.1, -0.05) is 0 Å². The van der Waals surface area contributed by atoms with Crippen LogP contribution in [0.3, 0.4) is 0 Å². The summed E-state index contributed by atoms with van der Waals surface area (Å²) in [5, 5.41) is 9.85. The molecular weight excluding hydrogens is 227 g/mol. The molecule has 0 aromatic heterocycles. The van der Waals surface area contributed by atoms with Crippen LogP contribution in [0.5, 0.6) is 5.75 Å². The van der Waals surface area contributed by atoms with Gasteiger partial charge < -0.3 is 9.84 Å². The number of aliphatic hydroxyl groups excluding tert-OH is 1. The van der Waals surface area contributed by atoms with Gasteiger partial charge in [0.1, 0.15) is 18.2 Å². The van der Waals surface area contributed by atoms with Gasteiger partial charge >= 0.3 is 0 Å². The number of thioether (sulfide) groups is 1. The molecule has 2 unspecified atom stereocenters. The molecule has 2 atom stereocenters. The maximum Gasteiger partial charge on any atom is 0.123 e. The van der Waals surface area contributed by atoms with E-state index in [4.69, 9.17) is 4.74 Å². The van der Waals surface area contributed by atoms with Crippen LogP contribution in [-0.2, 0) is 0 Å². The number of halogens is 1. The predicted octanol–water partition coefficient (Wildman–Crippen LogP) is 2.32. The number of benzene rings is 1. The number of rotatable bonds is 4. The summed E-state index contributed by atoms with van der Waals surface area (Å²) >= 11 is 1.87. The van der Waals surface area contributed by atoms with Crippen LogP contribution >= 0.6 is 11.8 Å². The van der Waals surface area contributed by atoms with E-state index in [9.17, 15) is 9.50 Å². The third-order valence-electron chi connectivity index (χ3n) is 2.74. The molecule has 1 aliphatic heterocycles. The third-order valence-corrected chi connectivity index (χ3v) is 3.93. The van der Waals surface area contributed by atoms with Crippen molar-refractivity contribution in [3.8, 4) is 5.75 Å². The van der Waals surface area contributed by atoms with E-state index in [-0.39, 0.29) is 12.4 Å². The minimum absolute atomic E-state index is 0.278. The van der Waals surface area contributed by atoms with Crippen LogP contribution in [0.15, 0.2) is 24.3 Å². The van der Waals surface area contributed by atoms with E-state index in [2.05, 4.69) is 0 Å². The molecule has 1 aromatic rings. The van der Waals surface area contributed by atoms with E-state index in [1.807, 2.05) is 11.8 Å². The quantitative estimate of drug-likeness (QED) is 0.878. The first kappa shape index (κ1) is 11.7. The van der Waals surface area contributed by atoms with Crippen molar-refractivity contribution in [2.24, 2.45) is 5.92 Å². The van der Waals surface area contributed by atoms with Gasteiger partial charge in [-0.05, 0) is 48.1 Å². The minimum atomic E-state index is -0.417. The maximum absolute atomic E-state index is 12.6. The monoisotopic (exact) mass is 242 g/mol. The van der Waals surface area contributed by atoms with E-state index in [1.54, 1.807) is 12.1 Å². The second-order valence-corrected chi connectivity index (χ2v) is 5.11. The molecule has 2 rings (SSSR count). The first-order chi connectivity index (χ1) is 7.75. The summed E-state index contributed by atoms with van der Waals surface area (Å²) in [5.74, 6) is 2.79. The summed E-state index contributed by atoms with van der Waals surface area (Å²) in [5.41, 5.74) is 0. The van der Waals surface area contributed by atoms with Gasteiger partial charge in [-0.2, -0.15) is 11.8 Å². The predicted molar refractivity (Wildman–Crippen MR) is 63.3 cm³/mol. The highest BCUT2D eigenvalue weighted by molar-refractivity contribution is 7.99. The van der Waals surface area contributed by atoms with Crippen LogP contribution in [0.1, 0.15) is 6.42 Å². The number of hydrogen-bond donors (Lipinski definition) is 1. The molecule has 16 heavy (non-hydrogen) atoms. The maximum atomic E-state index is 12.6. The van der Waals surface area contributed by atoms with Crippen LogP contribution in [0, 0.1) is 11.7 Å². The molecule has 1 heterocycles. The lowest BCUT2D eigenvalue weighted by Gasteiger charge is -2.17. The Kier molecular flexibility index (Phi) is 4.07. The third kappa shape index (κ3) is 3.12. The molecule has 4 heteroatoms. The van der Waals surface area contributed by atoms with Crippen molar-refractivity contribution >= 4 is 11.8 Å². The Morgan fingerprint density at radius 2 is 2.19 bits per heavy atom. The fourth-order valence-corrected chi connectivity index (χ4v) is 3.03. The molecule has 1 aliphatic rings. The smallest absolute Gasteiger partial charge is 0.123 e.